The summed E-state index contributed by atoms with van der Waals surface area (Å²) in [5.41, 5.74) is 0. The molecule has 0 saturated heterocycles. The Bertz CT molecular complexity index is 314. The summed E-state index contributed by atoms with van der Waals surface area (Å²) in [5.74, 6) is 1.85. The van der Waals surface area contributed by atoms with E-state index in [0.29, 0.717) is 0 Å². The molecule has 0 aliphatic heterocycles. The molecule has 17 heavy (non-hydrogen) atoms. The minimum absolute atomic E-state index is 0.874. The first-order valence-corrected chi connectivity index (χ1v) is 6.62. The number of anilines is 2. The van der Waals surface area contributed by atoms with E-state index in [1.807, 2.05) is 6.20 Å². The molecular formula is C13H24N4. The Morgan fingerprint density at radius 1 is 1.18 bits per heavy atom. The highest BCUT2D eigenvalue weighted by atomic mass is 15.2. The number of nitrogens with one attached hydrogen (secondary N) is 1. The van der Waals surface area contributed by atoms with E-state index in [1.165, 1.54) is 12.8 Å². The summed E-state index contributed by atoms with van der Waals surface area (Å²) in [4.78, 5) is 11.1. The summed E-state index contributed by atoms with van der Waals surface area (Å²) in [6.07, 6.45) is 7.13. The molecule has 1 aromatic heterocycles. The van der Waals surface area contributed by atoms with Crippen molar-refractivity contribution in [3.05, 3.63) is 12.4 Å². The summed E-state index contributed by atoms with van der Waals surface area (Å²) in [7, 11) is 0. The van der Waals surface area contributed by atoms with Gasteiger partial charge in [0.2, 0.25) is 0 Å². The molecule has 96 valence electrons. The van der Waals surface area contributed by atoms with Crippen molar-refractivity contribution in [1.29, 1.82) is 0 Å². The van der Waals surface area contributed by atoms with E-state index in [0.717, 1.165) is 37.7 Å². The van der Waals surface area contributed by atoms with E-state index in [4.69, 9.17) is 0 Å². The van der Waals surface area contributed by atoms with Gasteiger partial charge in [0.25, 0.3) is 0 Å². The van der Waals surface area contributed by atoms with Gasteiger partial charge in [-0.25, -0.2) is 4.98 Å². The number of nitrogens with zero attached hydrogens (tertiary/aromatic N) is 3. The Kier molecular flexibility index (Phi) is 6.37. The third kappa shape index (κ3) is 4.59. The molecule has 0 aromatic carbocycles. The quantitative estimate of drug-likeness (QED) is 0.753. The fourth-order valence-electron chi connectivity index (χ4n) is 1.63. The molecule has 1 heterocycles. The van der Waals surface area contributed by atoms with Crippen LogP contribution in [0.15, 0.2) is 12.4 Å². The van der Waals surface area contributed by atoms with Crippen molar-refractivity contribution >= 4 is 11.6 Å². The zero-order valence-electron chi connectivity index (χ0n) is 11.2. The second-order valence-corrected chi connectivity index (χ2v) is 4.12. The third-order valence-electron chi connectivity index (χ3n) is 2.67. The van der Waals surface area contributed by atoms with Gasteiger partial charge in [-0.3, -0.25) is 4.98 Å². The van der Waals surface area contributed by atoms with E-state index < -0.39 is 0 Å². The van der Waals surface area contributed by atoms with E-state index in [2.05, 4.69) is 41.0 Å². The van der Waals surface area contributed by atoms with Crippen molar-refractivity contribution in [2.75, 3.05) is 29.9 Å². The van der Waals surface area contributed by atoms with Gasteiger partial charge in [-0.05, 0) is 19.8 Å². The summed E-state index contributed by atoms with van der Waals surface area (Å²) < 4.78 is 0. The van der Waals surface area contributed by atoms with Gasteiger partial charge in [0.15, 0.2) is 0 Å². The highest BCUT2D eigenvalue weighted by molar-refractivity contribution is 5.43. The molecule has 0 aliphatic rings. The van der Waals surface area contributed by atoms with Crippen LogP contribution in [0.5, 0.6) is 0 Å². The minimum atomic E-state index is 0.874. The van der Waals surface area contributed by atoms with Crippen LogP contribution in [0.2, 0.25) is 0 Å². The molecular weight excluding hydrogens is 212 g/mol. The first-order valence-electron chi connectivity index (χ1n) is 6.62. The molecule has 0 unspecified atom stereocenters. The number of unbranched alkanes of at least 4 members (excludes halogenated alkanes) is 1. The van der Waals surface area contributed by atoms with Crippen molar-refractivity contribution in [2.24, 2.45) is 0 Å². The van der Waals surface area contributed by atoms with Crippen LogP contribution >= 0.6 is 0 Å². The molecule has 0 fully saturated rings. The smallest absolute Gasteiger partial charge is 0.149 e. The molecule has 1 rings (SSSR count). The van der Waals surface area contributed by atoms with Crippen molar-refractivity contribution in [2.45, 2.75) is 40.0 Å². The van der Waals surface area contributed by atoms with Crippen LogP contribution in [0.1, 0.15) is 40.0 Å². The van der Waals surface area contributed by atoms with Crippen LogP contribution in [0.25, 0.3) is 0 Å². The van der Waals surface area contributed by atoms with E-state index in [-0.39, 0.29) is 0 Å². The summed E-state index contributed by atoms with van der Waals surface area (Å²) in [6, 6.07) is 0. The van der Waals surface area contributed by atoms with Crippen LogP contribution in [0, 0.1) is 0 Å². The monoisotopic (exact) mass is 236 g/mol. The van der Waals surface area contributed by atoms with Gasteiger partial charge in [-0.1, -0.05) is 20.3 Å². The lowest BCUT2D eigenvalue weighted by molar-refractivity contribution is 0.722. The van der Waals surface area contributed by atoms with Crippen molar-refractivity contribution < 1.29 is 0 Å². The maximum atomic E-state index is 4.59. The van der Waals surface area contributed by atoms with Crippen LogP contribution in [0.3, 0.4) is 0 Å². The molecule has 0 atom stereocenters. The van der Waals surface area contributed by atoms with E-state index >= 15 is 0 Å². The van der Waals surface area contributed by atoms with Gasteiger partial charge in [0.05, 0.1) is 12.4 Å². The molecule has 0 radical (unpaired) electrons. The Balaban J connectivity index is 2.66. The van der Waals surface area contributed by atoms with Gasteiger partial charge in [0, 0.05) is 19.6 Å². The van der Waals surface area contributed by atoms with Gasteiger partial charge < -0.3 is 10.2 Å². The Hall–Kier alpha value is -1.32. The molecule has 0 bridgehead atoms. The first kappa shape index (κ1) is 13.7. The molecule has 4 nitrogen and oxygen atoms in total. The zero-order chi connectivity index (χ0) is 12.5. The SMILES string of the molecule is CCCCN(CC)c1cncc(NCCC)n1. The maximum Gasteiger partial charge on any atom is 0.149 e. The summed E-state index contributed by atoms with van der Waals surface area (Å²) in [6.45, 7) is 9.48. The first-order chi connectivity index (χ1) is 8.31. The molecule has 0 aliphatic carbocycles. The Morgan fingerprint density at radius 2 is 2.00 bits per heavy atom. The lowest BCUT2D eigenvalue weighted by Crippen LogP contribution is -2.25. The lowest BCUT2D eigenvalue weighted by Gasteiger charge is -2.21. The summed E-state index contributed by atoms with van der Waals surface area (Å²) in [5, 5.41) is 3.27. The summed E-state index contributed by atoms with van der Waals surface area (Å²) >= 11 is 0. The number of aromatic nitrogens is 2. The van der Waals surface area contributed by atoms with Gasteiger partial charge in [-0.15, -0.1) is 0 Å². The van der Waals surface area contributed by atoms with Gasteiger partial charge in [-0.2, -0.15) is 0 Å². The fraction of sp³-hybridized carbons (Fsp3) is 0.692. The zero-order valence-corrected chi connectivity index (χ0v) is 11.2. The second kappa shape index (κ2) is 7.87. The van der Waals surface area contributed by atoms with Crippen molar-refractivity contribution in [3.63, 3.8) is 0 Å². The average Bonchev–Trinajstić information content (AvgIpc) is 2.38. The van der Waals surface area contributed by atoms with Gasteiger partial charge in [0.1, 0.15) is 11.6 Å². The number of hydrogen-bond acceptors (Lipinski definition) is 4. The predicted octanol–water partition coefficient (Wildman–Crippen LogP) is 2.92. The molecule has 1 N–H and O–H groups in total. The average molecular weight is 236 g/mol. The van der Waals surface area contributed by atoms with Crippen LogP contribution in [-0.4, -0.2) is 29.6 Å². The predicted molar refractivity (Wildman–Crippen MR) is 73.6 cm³/mol. The Labute approximate surface area is 104 Å². The molecule has 1 aromatic rings. The molecule has 0 amide bonds. The minimum Gasteiger partial charge on any atom is -0.369 e. The molecule has 0 spiro atoms. The maximum absolute atomic E-state index is 4.59. The normalized spacial score (nSPS) is 10.3. The lowest BCUT2D eigenvalue weighted by atomic mass is 10.3. The van der Waals surface area contributed by atoms with Gasteiger partial charge >= 0.3 is 0 Å². The van der Waals surface area contributed by atoms with E-state index in [9.17, 15) is 0 Å². The van der Waals surface area contributed by atoms with Crippen LogP contribution in [-0.2, 0) is 0 Å². The highest BCUT2D eigenvalue weighted by Gasteiger charge is 2.06. The topological polar surface area (TPSA) is 41.1 Å². The van der Waals surface area contributed by atoms with Crippen LogP contribution < -0.4 is 10.2 Å². The Morgan fingerprint density at radius 3 is 2.65 bits per heavy atom. The number of rotatable bonds is 8. The second-order valence-electron chi connectivity index (χ2n) is 4.12. The molecule has 0 saturated carbocycles. The standard InChI is InChI=1S/C13H24N4/c1-4-7-9-17(6-3)13-11-14-10-12(16-13)15-8-5-2/h10-11H,4-9H2,1-3H3,(H,15,16). The fourth-order valence-corrected chi connectivity index (χ4v) is 1.63. The van der Waals surface area contributed by atoms with E-state index in [1.54, 1.807) is 6.20 Å². The highest BCUT2D eigenvalue weighted by Crippen LogP contribution is 2.13. The van der Waals surface area contributed by atoms with Crippen LogP contribution in [0.4, 0.5) is 11.6 Å². The molecule has 4 heteroatoms. The third-order valence-corrected chi connectivity index (χ3v) is 2.67. The largest absolute Gasteiger partial charge is 0.369 e. The number of hydrogen-bond donors (Lipinski definition) is 1. The van der Waals surface area contributed by atoms with Crippen molar-refractivity contribution in [3.8, 4) is 0 Å². The van der Waals surface area contributed by atoms with Crippen molar-refractivity contribution in [1.82, 2.24) is 9.97 Å².